The van der Waals surface area contributed by atoms with Gasteiger partial charge < -0.3 is 11.1 Å². The Morgan fingerprint density at radius 1 is 1.20 bits per heavy atom. The fourth-order valence-electron chi connectivity index (χ4n) is 2.09. The molecular weight excluding hydrogens is 191 g/mol. The molecule has 1 atom stereocenters. The van der Waals surface area contributed by atoms with Crippen LogP contribution in [0, 0.1) is 5.92 Å². The van der Waals surface area contributed by atoms with Crippen molar-refractivity contribution in [1.82, 2.24) is 5.32 Å². The zero-order valence-electron chi connectivity index (χ0n) is 8.75. The molecule has 0 bridgehead atoms. The standard InChI is InChI=1S/C12H17FN2/c13-12(10-5-7-15-8-6-10)9-1-3-11(14)4-2-9/h1-4,10,12,15H,5-8,14H2. The van der Waals surface area contributed by atoms with E-state index in [-0.39, 0.29) is 5.92 Å². The van der Waals surface area contributed by atoms with E-state index in [1.54, 1.807) is 24.3 Å². The van der Waals surface area contributed by atoms with E-state index in [1.165, 1.54) is 0 Å². The summed E-state index contributed by atoms with van der Waals surface area (Å²) < 4.78 is 14.1. The van der Waals surface area contributed by atoms with Gasteiger partial charge in [-0.3, -0.25) is 0 Å². The number of halogens is 1. The number of hydrogen-bond donors (Lipinski definition) is 2. The first-order chi connectivity index (χ1) is 7.27. The minimum Gasteiger partial charge on any atom is -0.399 e. The minimum atomic E-state index is -0.840. The molecule has 1 aromatic rings. The van der Waals surface area contributed by atoms with Crippen LogP contribution in [-0.4, -0.2) is 13.1 Å². The third-order valence-electron chi connectivity index (χ3n) is 3.05. The molecule has 3 heteroatoms. The average molecular weight is 208 g/mol. The summed E-state index contributed by atoms with van der Waals surface area (Å²) in [5.41, 5.74) is 7.02. The number of hydrogen-bond acceptors (Lipinski definition) is 2. The zero-order chi connectivity index (χ0) is 10.7. The summed E-state index contributed by atoms with van der Waals surface area (Å²) in [7, 11) is 0. The van der Waals surface area contributed by atoms with Gasteiger partial charge in [-0.25, -0.2) is 4.39 Å². The van der Waals surface area contributed by atoms with Crippen molar-refractivity contribution in [2.45, 2.75) is 19.0 Å². The third kappa shape index (κ3) is 2.48. The molecule has 1 aromatic carbocycles. The van der Waals surface area contributed by atoms with Gasteiger partial charge in [-0.05, 0) is 49.5 Å². The molecule has 3 N–H and O–H groups in total. The van der Waals surface area contributed by atoms with Crippen LogP contribution in [0.15, 0.2) is 24.3 Å². The number of nitrogen functional groups attached to an aromatic ring is 1. The van der Waals surface area contributed by atoms with Crippen LogP contribution in [0.4, 0.5) is 10.1 Å². The molecule has 0 saturated carbocycles. The fraction of sp³-hybridized carbons (Fsp3) is 0.500. The smallest absolute Gasteiger partial charge is 0.128 e. The van der Waals surface area contributed by atoms with E-state index < -0.39 is 6.17 Å². The van der Waals surface area contributed by atoms with E-state index in [1.807, 2.05) is 0 Å². The van der Waals surface area contributed by atoms with Crippen LogP contribution in [0.2, 0.25) is 0 Å². The Balaban J connectivity index is 2.05. The van der Waals surface area contributed by atoms with Crippen LogP contribution in [0.1, 0.15) is 24.6 Å². The molecule has 1 unspecified atom stereocenters. The maximum atomic E-state index is 14.1. The van der Waals surface area contributed by atoms with Gasteiger partial charge >= 0.3 is 0 Å². The summed E-state index contributed by atoms with van der Waals surface area (Å²) in [4.78, 5) is 0. The van der Waals surface area contributed by atoms with Gasteiger partial charge in [-0.1, -0.05) is 12.1 Å². The third-order valence-corrected chi connectivity index (χ3v) is 3.05. The zero-order valence-corrected chi connectivity index (χ0v) is 8.75. The molecule has 2 nitrogen and oxygen atoms in total. The summed E-state index contributed by atoms with van der Waals surface area (Å²) in [6, 6.07) is 7.12. The van der Waals surface area contributed by atoms with Gasteiger partial charge in [0, 0.05) is 5.69 Å². The van der Waals surface area contributed by atoms with E-state index >= 15 is 0 Å². The second-order valence-corrected chi connectivity index (χ2v) is 4.16. The molecule has 1 saturated heterocycles. The highest BCUT2D eigenvalue weighted by atomic mass is 19.1. The summed E-state index contributed by atoms with van der Waals surface area (Å²) in [5, 5.41) is 3.24. The maximum absolute atomic E-state index is 14.1. The highest BCUT2D eigenvalue weighted by molar-refractivity contribution is 5.39. The van der Waals surface area contributed by atoms with Crippen molar-refractivity contribution in [1.29, 1.82) is 0 Å². The van der Waals surface area contributed by atoms with Crippen LogP contribution in [0.3, 0.4) is 0 Å². The minimum absolute atomic E-state index is 0.162. The molecule has 1 aliphatic rings. The Labute approximate surface area is 89.7 Å². The molecule has 0 aliphatic carbocycles. The number of nitrogens with two attached hydrogens (primary N) is 1. The topological polar surface area (TPSA) is 38.0 Å². The quantitative estimate of drug-likeness (QED) is 0.732. The van der Waals surface area contributed by atoms with Crippen LogP contribution in [-0.2, 0) is 0 Å². The summed E-state index contributed by atoms with van der Waals surface area (Å²) >= 11 is 0. The first-order valence-corrected chi connectivity index (χ1v) is 5.47. The van der Waals surface area contributed by atoms with Gasteiger partial charge in [0.15, 0.2) is 0 Å². The first kappa shape index (κ1) is 10.4. The molecule has 0 aromatic heterocycles. The molecule has 82 valence electrons. The van der Waals surface area contributed by atoms with E-state index in [0.717, 1.165) is 31.5 Å². The van der Waals surface area contributed by atoms with Gasteiger partial charge in [0.05, 0.1) is 0 Å². The number of rotatable bonds is 2. The molecule has 15 heavy (non-hydrogen) atoms. The summed E-state index contributed by atoms with van der Waals surface area (Å²) in [5.74, 6) is 0.162. The van der Waals surface area contributed by atoms with Crippen molar-refractivity contribution >= 4 is 5.69 Å². The van der Waals surface area contributed by atoms with Crippen LogP contribution >= 0.6 is 0 Å². The Bertz CT molecular complexity index is 304. The molecule has 2 rings (SSSR count). The number of benzene rings is 1. The first-order valence-electron chi connectivity index (χ1n) is 5.47. The predicted molar refractivity (Wildman–Crippen MR) is 60.3 cm³/mol. The lowest BCUT2D eigenvalue weighted by Crippen LogP contribution is -2.29. The van der Waals surface area contributed by atoms with Crippen molar-refractivity contribution in [3.05, 3.63) is 29.8 Å². The van der Waals surface area contributed by atoms with Gasteiger partial charge in [0.2, 0.25) is 0 Å². The number of nitrogens with one attached hydrogen (secondary N) is 1. The Hall–Kier alpha value is -1.09. The van der Waals surface area contributed by atoms with E-state index in [9.17, 15) is 4.39 Å². The van der Waals surface area contributed by atoms with Crippen LogP contribution in [0.5, 0.6) is 0 Å². The second kappa shape index (κ2) is 4.62. The summed E-state index contributed by atoms with van der Waals surface area (Å²) in [6.45, 7) is 1.86. The second-order valence-electron chi connectivity index (χ2n) is 4.16. The normalized spacial score (nSPS) is 20.1. The van der Waals surface area contributed by atoms with Crippen molar-refractivity contribution in [2.24, 2.45) is 5.92 Å². The lowest BCUT2D eigenvalue weighted by atomic mass is 9.89. The highest BCUT2D eigenvalue weighted by Crippen LogP contribution is 2.32. The van der Waals surface area contributed by atoms with Gasteiger partial charge in [0.1, 0.15) is 6.17 Å². The predicted octanol–water partition coefficient (Wildman–Crippen LogP) is 2.28. The fourth-order valence-corrected chi connectivity index (χ4v) is 2.09. The van der Waals surface area contributed by atoms with Crippen molar-refractivity contribution < 1.29 is 4.39 Å². The number of anilines is 1. The Morgan fingerprint density at radius 2 is 1.80 bits per heavy atom. The number of alkyl halides is 1. The lowest BCUT2D eigenvalue weighted by molar-refractivity contribution is 0.190. The molecular formula is C12H17FN2. The van der Waals surface area contributed by atoms with Gasteiger partial charge in [0.25, 0.3) is 0 Å². The van der Waals surface area contributed by atoms with Gasteiger partial charge in [-0.15, -0.1) is 0 Å². The average Bonchev–Trinajstić information content (AvgIpc) is 2.30. The SMILES string of the molecule is Nc1ccc(C(F)C2CCNCC2)cc1. The molecule has 0 radical (unpaired) electrons. The van der Waals surface area contributed by atoms with Crippen LogP contribution in [0.25, 0.3) is 0 Å². The van der Waals surface area contributed by atoms with E-state index in [0.29, 0.717) is 5.69 Å². The van der Waals surface area contributed by atoms with Crippen LogP contribution < -0.4 is 11.1 Å². The van der Waals surface area contributed by atoms with Gasteiger partial charge in [-0.2, -0.15) is 0 Å². The highest BCUT2D eigenvalue weighted by Gasteiger charge is 2.24. The van der Waals surface area contributed by atoms with E-state index in [2.05, 4.69) is 5.32 Å². The lowest BCUT2D eigenvalue weighted by Gasteiger charge is -2.25. The largest absolute Gasteiger partial charge is 0.399 e. The Morgan fingerprint density at radius 3 is 2.40 bits per heavy atom. The Kier molecular flexibility index (Phi) is 3.21. The maximum Gasteiger partial charge on any atom is 0.128 e. The molecule has 0 spiro atoms. The van der Waals surface area contributed by atoms with Crippen molar-refractivity contribution in [2.75, 3.05) is 18.8 Å². The monoisotopic (exact) mass is 208 g/mol. The van der Waals surface area contributed by atoms with Crippen molar-refractivity contribution in [3.8, 4) is 0 Å². The summed E-state index contributed by atoms with van der Waals surface area (Å²) in [6.07, 6.45) is 1.00. The van der Waals surface area contributed by atoms with Crippen molar-refractivity contribution in [3.63, 3.8) is 0 Å². The number of piperidine rings is 1. The molecule has 1 aliphatic heterocycles. The van der Waals surface area contributed by atoms with E-state index in [4.69, 9.17) is 5.73 Å². The molecule has 1 heterocycles. The molecule has 0 amide bonds. The molecule has 1 fully saturated rings.